The Morgan fingerprint density at radius 2 is 0.651 bits per heavy atom. The number of hydrogen-bond donors (Lipinski definition) is 0. The fourth-order valence-corrected chi connectivity index (χ4v) is 4.90. The highest BCUT2D eigenvalue weighted by molar-refractivity contribution is 5.60. The molecule has 6 rings (SSSR count). The Labute approximate surface area is 252 Å². The normalized spacial score (nSPS) is 12.0. The summed E-state index contributed by atoms with van der Waals surface area (Å²) in [4.78, 5) is 0. The molecule has 43 heavy (non-hydrogen) atoms. The van der Waals surface area contributed by atoms with Crippen molar-refractivity contribution in [2.24, 2.45) is 0 Å². The Morgan fingerprint density at radius 3 is 0.907 bits per heavy atom. The molecule has 0 bridgehead atoms. The Morgan fingerprint density at radius 1 is 0.395 bits per heavy atom. The fraction of sp³-hybridized carbons (Fsp3) is 0.243. The lowest BCUT2D eigenvalue weighted by Crippen LogP contribution is -2.10. The molecule has 4 aromatic carbocycles. The summed E-state index contributed by atoms with van der Waals surface area (Å²) in [5, 5.41) is 17.1. The molecule has 0 atom stereocenters. The predicted molar refractivity (Wildman–Crippen MR) is 171 cm³/mol. The zero-order valence-electron chi connectivity index (χ0n) is 25.6. The van der Waals surface area contributed by atoms with Crippen LogP contribution in [0.3, 0.4) is 0 Å². The molecule has 0 unspecified atom stereocenters. The minimum atomic E-state index is 0.0975. The molecule has 0 amide bonds. The van der Waals surface area contributed by atoms with Crippen LogP contribution >= 0.6 is 0 Å². The summed E-state index contributed by atoms with van der Waals surface area (Å²) in [7, 11) is 0. The third kappa shape index (κ3) is 6.33. The molecular formula is C37H36N4O2. The van der Waals surface area contributed by atoms with E-state index in [4.69, 9.17) is 8.83 Å². The maximum Gasteiger partial charge on any atom is 0.248 e. The molecule has 0 saturated carbocycles. The van der Waals surface area contributed by atoms with Gasteiger partial charge in [-0.05, 0) is 88.0 Å². The maximum atomic E-state index is 6.00. The highest BCUT2D eigenvalue weighted by atomic mass is 16.4. The lowest BCUT2D eigenvalue weighted by molar-refractivity contribution is 0.582. The molecular weight excluding hydrogens is 532 g/mol. The van der Waals surface area contributed by atoms with Gasteiger partial charge in [0.05, 0.1) is 0 Å². The molecule has 216 valence electrons. The summed E-state index contributed by atoms with van der Waals surface area (Å²) in [6.45, 7) is 13.2. The van der Waals surface area contributed by atoms with Crippen molar-refractivity contribution in [1.29, 1.82) is 0 Å². The number of hydrogen-bond acceptors (Lipinski definition) is 6. The van der Waals surface area contributed by atoms with E-state index in [1.54, 1.807) is 0 Å². The van der Waals surface area contributed by atoms with Crippen LogP contribution in [0.1, 0.15) is 63.8 Å². The summed E-state index contributed by atoms with van der Waals surface area (Å²) < 4.78 is 12.0. The van der Waals surface area contributed by atoms with Crippen molar-refractivity contribution in [3.05, 3.63) is 119 Å². The van der Waals surface area contributed by atoms with Gasteiger partial charge < -0.3 is 8.83 Å². The average Bonchev–Trinajstić information content (AvgIpc) is 3.69. The van der Waals surface area contributed by atoms with Crippen LogP contribution < -0.4 is 0 Å². The quantitative estimate of drug-likeness (QED) is 0.199. The Balaban J connectivity index is 1.10. The van der Waals surface area contributed by atoms with E-state index in [-0.39, 0.29) is 10.8 Å². The van der Waals surface area contributed by atoms with E-state index in [1.807, 2.05) is 48.5 Å². The van der Waals surface area contributed by atoms with Gasteiger partial charge in [-0.25, -0.2) is 0 Å². The molecule has 0 aliphatic heterocycles. The maximum absolute atomic E-state index is 6.00. The fourth-order valence-electron chi connectivity index (χ4n) is 4.90. The summed E-state index contributed by atoms with van der Waals surface area (Å²) in [6.07, 6.45) is 0.797. The molecule has 6 nitrogen and oxygen atoms in total. The first-order valence-corrected chi connectivity index (χ1v) is 14.6. The van der Waals surface area contributed by atoms with E-state index in [2.05, 4.69) is 110 Å². The predicted octanol–water partition coefficient (Wildman–Crippen LogP) is 9.31. The van der Waals surface area contributed by atoms with Crippen molar-refractivity contribution in [3.63, 3.8) is 0 Å². The van der Waals surface area contributed by atoms with Gasteiger partial charge in [0.1, 0.15) is 0 Å². The monoisotopic (exact) mass is 568 g/mol. The van der Waals surface area contributed by atoms with Crippen molar-refractivity contribution in [3.8, 4) is 45.8 Å². The molecule has 2 heterocycles. The van der Waals surface area contributed by atoms with Crippen molar-refractivity contribution < 1.29 is 8.83 Å². The van der Waals surface area contributed by atoms with Crippen molar-refractivity contribution in [1.82, 2.24) is 20.4 Å². The van der Waals surface area contributed by atoms with Crippen molar-refractivity contribution in [2.45, 2.75) is 58.8 Å². The van der Waals surface area contributed by atoms with Crippen LogP contribution in [0.5, 0.6) is 0 Å². The highest BCUT2D eigenvalue weighted by Crippen LogP contribution is 2.30. The number of aromatic nitrogens is 4. The molecule has 0 aliphatic carbocycles. The second-order valence-electron chi connectivity index (χ2n) is 13.1. The van der Waals surface area contributed by atoms with Gasteiger partial charge in [0.15, 0.2) is 0 Å². The number of nitrogens with zero attached hydrogens (tertiary/aromatic N) is 4. The Kier molecular flexibility index (Phi) is 7.30. The van der Waals surface area contributed by atoms with Crippen LogP contribution in [0.15, 0.2) is 106 Å². The van der Waals surface area contributed by atoms with Crippen LogP contribution in [-0.2, 0) is 17.3 Å². The standard InChI is InChI=1S/C37H36N4O2/c1-36(2,3)30-19-15-28(16-20-30)34-40-38-32(42-34)26-11-7-24(8-12-26)23-25-9-13-27(14-10-25)33-39-41-35(43-33)29-17-21-31(22-18-29)37(4,5)6/h7-22H,23H2,1-6H3. The van der Waals surface area contributed by atoms with Gasteiger partial charge in [-0.1, -0.05) is 90.1 Å². The lowest BCUT2D eigenvalue weighted by atomic mass is 9.87. The van der Waals surface area contributed by atoms with Gasteiger partial charge >= 0.3 is 0 Å². The van der Waals surface area contributed by atoms with Crippen LogP contribution in [0.25, 0.3) is 45.8 Å². The second kappa shape index (κ2) is 11.1. The van der Waals surface area contributed by atoms with Crippen LogP contribution in [-0.4, -0.2) is 20.4 Å². The summed E-state index contributed by atoms with van der Waals surface area (Å²) in [5.41, 5.74) is 8.72. The molecule has 0 N–H and O–H groups in total. The topological polar surface area (TPSA) is 77.8 Å². The van der Waals surface area contributed by atoms with Gasteiger partial charge in [-0.15, -0.1) is 20.4 Å². The molecule has 0 aliphatic rings. The highest BCUT2D eigenvalue weighted by Gasteiger charge is 2.17. The zero-order chi connectivity index (χ0) is 30.2. The summed E-state index contributed by atoms with van der Waals surface area (Å²) in [5.74, 6) is 2.06. The van der Waals surface area contributed by atoms with Crippen molar-refractivity contribution in [2.75, 3.05) is 0 Å². The first-order valence-electron chi connectivity index (χ1n) is 14.6. The van der Waals surface area contributed by atoms with Gasteiger partial charge in [0.25, 0.3) is 0 Å². The summed E-state index contributed by atoms with van der Waals surface area (Å²) in [6, 6.07) is 33.1. The van der Waals surface area contributed by atoms with Crippen LogP contribution in [0, 0.1) is 0 Å². The van der Waals surface area contributed by atoms with Crippen LogP contribution in [0.4, 0.5) is 0 Å². The second-order valence-corrected chi connectivity index (χ2v) is 13.1. The van der Waals surface area contributed by atoms with Gasteiger partial charge in [0.2, 0.25) is 23.6 Å². The van der Waals surface area contributed by atoms with E-state index in [1.165, 1.54) is 22.3 Å². The van der Waals surface area contributed by atoms with E-state index in [0.717, 1.165) is 28.7 Å². The molecule has 6 aromatic rings. The Hall–Kier alpha value is -4.84. The lowest BCUT2D eigenvalue weighted by Gasteiger charge is -2.18. The minimum Gasteiger partial charge on any atom is -0.416 e. The SMILES string of the molecule is CC(C)(C)c1ccc(-c2nnc(-c3ccc(Cc4ccc(-c5nnc(-c6ccc(C(C)(C)C)cc6)o5)cc4)cc3)o2)cc1. The molecule has 0 saturated heterocycles. The van der Waals surface area contributed by atoms with E-state index in [0.29, 0.717) is 23.6 Å². The van der Waals surface area contributed by atoms with Crippen molar-refractivity contribution >= 4 is 0 Å². The minimum absolute atomic E-state index is 0.0975. The number of rotatable bonds is 6. The molecule has 0 radical (unpaired) electrons. The first-order chi connectivity index (χ1) is 20.5. The third-order valence-electron chi connectivity index (χ3n) is 7.66. The van der Waals surface area contributed by atoms with Gasteiger partial charge in [0, 0.05) is 22.3 Å². The van der Waals surface area contributed by atoms with E-state index in [9.17, 15) is 0 Å². The summed E-state index contributed by atoms with van der Waals surface area (Å²) >= 11 is 0. The van der Waals surface area contributed by atoms with Gasteiger partial charge in [-0.3, -0.25) is 0 Å². The van der Waals surface area contributed by atoms with E-state index < -0.39 is 0 Å². The van der Waals surface area contributed by atoms with E-state index >= 15 is 0 Å². The van der Waals surface area contributed by atoms with Crippen LogP contribution in [0.2, 0.25) is 0 Å². The Bertz CT molecular complexity index is 1680. The molecule has 0 spiro atoms. The largest absolute Gasteiger partial charge is 0.416 e. The molecule has 6 heteroatoms. The average molecular weight is 569 g/mol. The first kappa shape index (κ1) is 28.3. The molecule has 0 fully saturated rings. The van der Waals surface area contributed by atoms with Gasteiger partial charge in [-0.2, -0.15) is 0 Å². The third-order valence-corrected chi connectivity index (χ3v) is 7.66. The smallest absolute Gasteiger partial charge is 0.248 e. The molecule has 2 aromatic heterocycles. The zero-order valence-corrected chi connectivity index (χ0v) is 25.6. The number of benzene rings is 4.